The number of benzene rings is 1. The Hall–Kier alpha value is -2.69. The molecule has 27 heavy (non-hydrogen) atoms. The molecule has 0 radical (unpaired) electrons. The Labute approximate surface area is 160 Å². The van der Waals surface area contributed by atoms with Gasteiger partial charge in [0.05, 0.1) is 11.9 Å². The number of nitrogens with zero attached hydrogens (tertiary/aromatic N) is 2. The second-order valence-electron chi connectivity index (χ2n) is 7.51. The molecule has 1 amide bonds. The minimum atomic E-state index is 0.0111. The minimum absolute atomic E-state index is 0.0111. The number of rotatable bonds is 5. The molecular weight excluding hydrogens is 338 g/mol. The van der Waals surface area contributed by atoms with Crippen LogP contribution >= 0.6 is 0 Å². The molecule has 0 aliphatic heterocycles. The fourth-order valence-corrected chi connectivity index (χ4v) is 3.48. The van der Waals surface area contributed by atoms with Crippen molar-refractivity contribution in [2.75, 3.05) is 5.32 Å². The van der Waals surface area contributed by atoms with Gasteiger partial charge in [-0.3, -0.25) is 4.79 Å². The first kappa shape index (κ1) is 19.1. The van der Waals surface area contributed by atoms with Crippen molar-refractivity contribution in [1.82, 2.24) is 9.97 Å². The lowest BCUT2D eigenvalue weighted by atomic mass is 9.87. The second kappa shape index (κ2) is 8.80. The summed E-state index contributed by atoms with van der Waals surface area (Å²) < 4.78 is 0. The number of hydrogen-bond acceptors (Lipinski definition) is 4. The Balaban J connectivity index is 1.80. The van der Waals surface area contributed by atoms with E-state index >= 15 is 0 Å². The number of amides is 1. The fourth-order valence-electron chi connectivity index (χ4n) is 3.48. The molecule has 1 aliphatic rings. The topological polar surface area (TPSA) is 75.1 Å². The minimum Gasteiger partial charge on any atom is -0.508 e. The predicted molar refractivity (Wildman–Crippen MR) is 108 cm³/mol. The number of anilines is 1. The average Bonchev–Trinajstić information content (AvgIpc) is 2.64. The normalized spacial score (nSPS) is 14.6. The number of hydrogen-bond donors (Lipinski definition) is 2. The van der Waals surface area contributed by atoms with E-state index in [0.29, 0.717) is 29.5 Å². The van der Waals surface area contributed by atoms with Gasteiger partial charge in [0.25, 0.3) is 0 Å². The number of carbonyl (C=O) groups excluding carboxylic acids is 1. The van der Waals surface area contributed by atoms with Crippen molar-refractivity contribution in [3.05, 3.63) is 41.7 Å². The molecule has 0 unspecified atom stereocenters. The van der Waals surface area contributed by atoms with Crippen molar-refractivity contribution in [2.45, 2.75) is 52.4 Å². The van der Waals surface area contributed by atoms with Gasteiger partial charge in [-0.25, -0.2) is 9.97 Å². The molecule has 5 nitrogen and oxygen atoms in total. The van der Waals surface area contributed by atoms with Crippen LogP contribution in [0.4, 0.5) is 5.82 Å². The van der Waals surface area contributed by atoms with Gasteiger partial charge in [-0.15, -0.1) is 0 Å². The van der Waals surface area contributed by atoms with Crippen molar-refractivity contribution in [3.63, 3.8) is 0 Å². The van der Waals surface area contributed by atoms with Crippen LogP contribution in [0.15, 0.2) is 36.0 Å². The van der Waals surface area contributed by atoms with Crippen LogP contribution in [0.2, 0.25) is 0 Å². The highest BCUT2D eigenvalue weighted by atomic mass is 16.3. The highest BCUT2D eigenvalue weighted by Crippen LogP contribution is 2.27. The maximum absolute atomic E-state index is 12.5. The van der Waals surface area contributed by atoms with Crippen LogP contribution in [-0.4, -0.2) is 21.0 Å². The van der Waals surface area contributed by atoms with Crippen molar-refractivity contribution >= 4 is 17.8 Å². The fraction of sp³-hybridized carbons (Fsp3) is 0.409. The van der Waals surface area contributed by atoms with Crippen LogP contribution in [0.25, 0.3) is 17.3 Å². The van der Waals surface area contributed by atoms with E-state index < -0.39 is 0 Å². The summed E-state index contributed by atoms with van der Waals surface area (Å²) in [4.78, 5) is 21.6. The van der Waals surface area contributed by atoms with Gasteiger partial charge >= 0.3 is 0 Å². The molecule has 3 rings (SSSR count). The van der Waals surface area contributed by atoms with Crippen molar-refractivity contribution in [2.24, 2.45) is 5.92 Å². The molecule has 1 fully saturated rings. The number of carbonyl (C=O) groups is 1. The zero-order chi connectivity index (χ0) is 19.2. The van der Waals surface area contributed by atoms with Crippen LogP contribution in [0.1, 0.15) is 58.1 Å². The highest BCUT2D eigenvalue weighted by molar-refractivity contribution is 5.91. The summed E-state index contributed by atoms with van der Waals surface area (Å²) in [6.45, 7) is 3.98. The van der Waals surface area contributed by atoms with Crippen LogP contribution in [0.3, 0.4) is 0 Å². The molecule has 0 saturated heterocycles. The van der Waals surface area contributed by atoms with E-state index in [0.717, 1.165) is 24.0 Å². The molecule has 1 aromatic carbocycles. The lowest BCUT2D eigenvalue weighted by Gasteiger charge is -2.20. The van der Waals surface area contributed by atoms with Gasteiger partial charge in [-0.2, -0.15) is 0 Å². The lowest BCUT2D eigenvalue weighted by molar-refractivity contribution is -0.117. The Morgan fingerprint density at radius 3 is 2.56 bits per heavy atom. The molecule has 0 spiro atoms. The third kappa shape index (κ3) is 5.39. The van der Waals surface area contributed by atoms with E-state index in [1.54, 1.807) is 30.5 Å². The summed E-state index contributed by atoms with van der Waals surface area (Å²) in [6.07, 6.45) is 10.1. The molecule has 142 valence electrons. The largest absolute Gasteiger partial charge is 0.508 e. The third-order valence-electron chi connectivity index (χ3n) is 4.84. The van der Waals surface area contributed by atoms with Gasteiger partial charge in [0.2, 0.25) is 5.91 Å². The van der Waals surface area contributed by atoms with Crippen LogP contribution in [0.5, 0.6) is 5.75 Å². The molecule has 1 saturated carbocycles. The van der Waals surface area contributed by atoms with Crippen LogP contribution in [-0.2, 0) is 4.79 Å². The molecule has 2 aromatic rings. The van der Waals surface area contributed by atoms with Gasteiger partial charge in [0, 0.05) is 12.0 Å². The van der Waals surface area contributed by atoms with Gasteiger partial charge in [-0.05, 0) is 62.9 Å². The van der Waals surface area contributed by atoms with E-state index in [4.69, 9.17) is 0 Å². The summed E-state index contributed by atoms with van der Waals surface area (Å²) in [7, 11) is 0. The molecule has 1 aliphatic carbocycles. The Morgan fingerprint density at radius 2 is 1.89 bits per heavy atom. The lowest BCUT2D eigenvalue weighted by Crippen LogP contribution is -2.19. The maximum Gasteiger partial charge on any atom is 0.225 e. The third-order valence-corrected chi connectivity index (χ3v) is 4.84. The summed E-state index contributed by atoms with van der Waals surface area (Å²) in [5, 5.41) is 12.4. The zero-order valence-electron chi connectivity index (χ0n) is 16.0. The molecule has 5 heteroatoms. The smallest absolute Gasteiger partial charge is 0.225 e. The molecular formula is C22H27N3O2. The zero-order valence-corrected chi connectivity index (χ0v) is 16.0. The van der Waals surface area contributed by atoms with Gasteiger partial charge < -0.3 is 10.4 Å². The van der Waals surface area contributed by atoms with Crippen molar-refractivity contribution in [1.29, 1.82) is 0 Å². The molecule has 1 heterocycles. The molecule has 0 atom stereocenters. The predicted octanol–water partition coefficient (Wildman–Crippen LogP) is 5.18. The van der Waals surface area contributed by atoms with E-state index in [1.165, 1.54) is 19.3 Å². The number of aromatic nitrogens is 2. The molecule has 0 bridgehead atoms. The summed E-state index contributed by atoms with van der Waals surface area (Å²) in [5.41, 5.74) is 3.30. The Kier molecular flexibility index (Phi) is 6.22. The number of nitrogens with one attached hydrogen (secondary N) is 1. The monoisotopic (exact) mass is 365 g/mol. The summed E-state index contributed by atoms with van der Waals surface area (Å²) in [6, 6.07) is 6.84. The molecule has 2 N–H and O–H groups in total. The Morgan fingerprint density at radius 1 is 1.19 bits per heavy atom. The summed E-state index contributed by atoms with van der Waals surface area (Å²) in [5.74, 6) is 1.20. The van der Waals surface area contributed by atoms with E-state index in [9.17, 15) is 9.90 Å². The van der Waals surface area contributed by atoms with E-state index in [2.05, 4.69) is 15.3 Å². The molecule has 1 aromatic heterocycles. The van der Waals surface area contributed by atoms with E-state index in [-0.39, 0.29) is 11.7 Å². The first-order valence-corrected chi connectivity index (χ1v) is 9.62. The van der Waals surface area contributed by atoms with Gasteiger partial charge in [0.1, 0.15) is 11.4 Å². The number of aromatic hydroxyl groups is 1. The van der Waals surface area contributed by atoms with Gasteiger partial charge in [0.15, 0.2) is 5.82 Å². The maximum atomic E-state index is 12.5. The summed E-state index contributed by atoms with van der Waals surface area (Å²) >= 11 is 0. The SMILES string of the molecule is CC(C)=Cc1nc(-c2ccc(O)cc2)cnc1NC(=O)CC1CCCCC1. The first-order valence-electron chi connectivity index (χ1n) is 9.62. The van der Waals surface area contributed by atoms with Crippen LogP contribution in [0, 0.1) is 5.92 Å². The number of phenols is 1. The Bertz CT molecular complexity index is 818. The van der Waals surface area contributed by atoms with Crippen LogP contribution < -0.4 is 5.32 Å². The van der Waals surface area contributed by atoms with Crippen molar-refractivity contribution < 1.29 is 9.90 Å². The quantitative estimate of drug-likeness (QED) is 0.765. The van der Waals surface area contributed by atoms with E-state index in [1.807, 2.05) is 19.9 Å². The first-order chi connectivity index (χ1) is 13.0. The van der Waals surface area contributed by atoms with Gasteiger partial charge in [-0.1, -0.05) is 24.8 Å². The number of allylic oxidation sites excluding steroid dienone is 1. The van der Waals surface area contributed by atoms with Crippen molar-refractivity contribution in [3.8, 4) is 17.0 Å². The number of phenolic OH excluding ortho intramolecular Hbond substituents is 1. The standard InChI is InChI=1S/C22H27N3O2/c1-15(2)12-19-22(25-21(27)13-16-6-4-3-5-7-16)23-14-20(24-19)17-8-10-18(26)11-9-17/h8-12,14,16,26H,3-7,13H2,1-2H3,(H,23,25,27). The second-order valence-corrected chi connectivity index (χ2v) is 7.51. The highest BCUT2D eigenvalue weighted by Gasteiger charge is 2.18. The average molecular weight is 365 g/mol.